The molecule has 0 bridgehead atoms. The molecule has 14 aromatic rings. The number of nitrogen functional groups attached to an aromatic ring is 1. The predicted molar refractivity (Wildman–Crippen MR) is 512 cm³/mol. The van der Waals surface area contributed by atoms with Gasteiger partial charge in [-0.05, 0) is 261 Å². The Hall–Kier alpha value is -10.5. The lowest BCUT2D eigenvalue weighted by molar-refractivity contribution is 0.0565. The first-order valence-electron chi connectivity index (χ1n) is 35.7. The Bertz CT molecular complexity index is 5430. The monoisotopic (exact) mass is 2000 g/mol. The van der Waals surface area contributed by atoms with Crippen LogP contribution in [0.4, 0.5) is 38.7 Å². The molecule has 1 unspecified atom stereocenters. The summed E-state index contributed by atoms with van der Waals surface area (Å²) in [6.07, 6.45) is 15.3. The fourth-order valence-corrected chi connectivity index (χ4v) is 11.7. The summed E-state index contributed by atoms with van der Waals surface area (Å²) in [5, 5.41) is 22.7. The maximum atomic E-state index is 13.0. The molecule has 0 spiro atoms. The summed E-state index contributed by atoms with van der Waals surface area (Å²) in [4.78, 5) is 95.1. The lowest BCUT2D eigenvalue weighted by atomic mass is 10.0. The van der Waals surface area contributed by atoms with Crippen LogP contribution in [0.15, 0.2) is 274 Å². The topological polar surface area (TPSA) is 302 Å². The molecule has 7 N–H and O–H groups in total. The quantitative estimate of drug-likeness (QED) is 0.0462. The van der Waals surface area contributed by atoms with E-state index < -0.39 is 29.5 Å². The number of aliphatic hydroxyl groups is 1. The highest BCUT2D eigenvalue weighted by Crippen LogP contribution is 2.32. The third kappa shape index (κ3) is 36.3. The molecular formula is C91H95Br4Cl5N14O8. The van der Waals surface area contributed by atoms with Crippen LogP contribution in [0.25, 0.3) is 22.1 Å². The van der Waals surface area contributed by atoms with Crippen molar-refractivity contribution in [3.8, 4) is 0 Å². The van der Waals surface area contributed by atoms with E-state index in [-0.39, 0.29) is 42.8 Å². The van der Waals surface area contributed by atoms with Crippen LogP contribution in [0.2, 0.25) is 25.1 Å². The molecule has 0 aliphatic heterocycles. The van der Waals surface area contributed by atoms with Gasteiger partial charge < -0.3 is 40.9 Å². The molecule has 9 aromatic heterocycles. The molecule has 640 valence electrons. The Kier molecular flexibility index (Phi) is 44.3. The average molecular weight is 2010 g/mol. The number of hydrogen-bond acceptors (Lipinski definition) is 18. The van der Waals surface area contributed by atoms with E-state index in [2.05, 4.69) is 119 Å². The number of fused-ring (bicyclic) bond motifs is 2. The van der Waals surface area contributed by atoms with Crippen LogP contribution in [-0.4, -0.2) is 92.2 Å². The molecule has 14 rings (SSSR count). The number of ether oxygens (including phenoxy) is 2. The molecule has 0 radical (unpaired) electrons. The first-order chi connectivity index (χ1) is 56.4. The van der Waals surface area contributed by atoms with Crippen LogP contribution in [0, 0.1) is 0 Å². The van der Waals surface area contributed by atoms with Gasteiger partial charge >= 0.3 is 12.2 Å². The lowest BCUT2D eigenvalue weighted by Crippen LogP contribution is -2.37. The summed E-state index contributed by atoms with van der Waals surface area (Å²) in [7, 11) is 0. The molecule has 122 heavy (non-hydrogen) atoms. The minimum Gasteiger partial charge on any atom is -0.443 e. The number of nitrogens with two attached hydrogens (primary N) is 1. The molecule has 31 heteroatoms. The molecule has 22 nitrogen and oxygen atoms in total. The van der Waals surface area contributed by atoms with E-state index in [1.165, 1.54) is 27.8 Å². The third-order valence-corrected chi connectivity index (χ3v) is 18.7. The second kappa shape index (κ2) is 52.1. The number of H-pyrrole nitrogens is 2. The first kappa shape index (κ1) is 104. The number of nitrogens with one attached hydrogen (secondary N) is 4. The molecule has 1 atom stereocenters. The van der Waals surface area contributed by atoms with E-state index in [9.17, 15) is 29.1 Å². The Morgan fingerprint density at radius 2 is 0.828 bits per heavy atom. The maximum absolute atomic E-state index is 13.0. The second-order valence-corrected chi connectivity index (χ2v) is 33.0. The van der Waals surface area contributed by atoms with Gasteiger partial charge in [0.25, 0.3) is 0 Å². The summed E-state index contributed by atoms with van der Waals surface area (Å²) in [5.74, 6) is 2.96. The number of halogens is 9. The zero-order valence-corrected chi connectivity index (χ0v) is 74.3. The van der Waals surface area contributed by atoms with Crippen molar-refractivity contribution in [2.45, 2.75) is 115 Å². The molecular weight excluding hydrogens is 1910 g/mol. The van der Waals surface area contributed by atoms with Crippen molar-refractivity contribution in [2.24, 2.45) is 0 Å². The number of aromatic nitrogens is 9. The van der Waals surface area contributed by atoms with Crippen molar-refractivity contribution in [3.63, 3.8) is 0 Å². The number of carbonyl (C=O) groups is 5. The van der Waals surface area contributed by atoms with E-state index in [0.717, 1.165) is 91.8 Å². The average Bonchev–Trinajstić information content (AvgIpc) is 1.64. The zero-order chi connectivity index (χ0) is 85.3. The van der Waals surface area contributed by atoms with Gasteiger partial charge in [-0.2, -0.15) is 0 Å². The largest absolute Gasteiger partial charge is 0.443 e. The van der Waals surface area contributed by atoms with Gasteiger partial charge in [0.1, 0.15) is 64.0 Å². The lowest BCUT2D eigenvalue weighted by Gasteiger charge is -2.27. The number of nitrogens with zero attached hydrogens (tertiary/aromatic N) is 9. The SMILES string of the molecule is Brc1cnc2[nH]ccc2c1.C.C.C.C.CC(C)(C)OC(=O)N(Cc1ccc(Cl)cc1)c1ccc(C(O)c2c[nH]c3ncc(Br)cc23)cn1.CC(C)(C)OC(=O)N(Cc1ccc(Cl)cc1)c1ccc(C=O)cn1.Clc1ccc(CNc2ccc(Br)cn2)cc1.Nc1ccc(Br)cn1.O=Cc1ccc(Cl)cc1.O=Cc1ccc(NCc2ccc(Cl)cc2)nc1. The predicted octanol–water partition coefficient (Wildman–Crippen LogP) is 26.6. The molecule has 5 aromatic carbocycles. The van der Waals surface area contributed by atoms with Gasteiger partial charge in [0.15, 0.2) is 12.6 Å². The smallest absolute Gasteiger partial charge is 0.416 e. The van der Waals surface area contributed by atoms with Crippen molar-refractivity contribution < 1.29 is 38.6 Å². The molecule has 0 aliphatic carbocycles. The van der Waals surface area contributed by atoms with Crippen molar-refractivity contribution in [1.82, 2.24) is 44.9 Å². The van der Waals surface area contributed by atoms with Gasteiger partial charge in [-0.3, -0.25) is 24.2 Å². The Morgan fingerprint density at radius 3 is 1.22 bits per heavy atom. The Morgan fingerprint density at radius 1 is 0.443 bits per heavy atom. The number of hydrogen-bond donors (Lipinski definition) is 6. The molecule has 9 heterocycles. The number of anilines is 5. The molecule has 0 saturated heterocycles. The fourth-order valence-electron chi connectivity index (χ4n) is 9.90. The number of pyridine rings is 7. The van der Waals surface area contributed by atoms with Crippen molar-refractivity contribution in [2.75, 3.05) is 26.2 Å². The van der Waals surface area contributed by atoms with Crippen LogP contribution in [0.1, 0.15) is 142 Å². The fraction of sp³-hybridized carbons (Fsp3) is 0.187. The number of aldehydes is 3. The van der Waals surface area contributed by atoms with Gasteiger partial charge in [0, 0.05) is 150 Å². The second-order valence-electron chi connectivity index (χ2n) is 27.2. The van der Waals surface area contributed by atoms with Crippen LogP contribution in [-0.2, 0) is 35.7 Å². The molecule has 2 amide bonds. The first-order valence-corrected chi connectivity index (χ1v) is 40.8. The summed E-state index contributed by atoms with van der Waals surface area (Å²) in [6.45, 7) is 12.8. The summed E-state index contributed by atoms with van der Waals surface area (Å²) < 4.78 is 14.8. The third-order valence-electron chi connectivity index (χ3n) is 15.7. The van der Waals surface area contributed by atoms with E-state index in [1.54, 1.807) is 149 Å². The van der Waals surface area contributed by atoms with Crippen LogP contribution in [0.3, 0.4) is 0 Å². The van der Waals surface area contributed by atoms with Gasteiger partial charge in [0.05, 0.1) is 13.1 Å². The molecule has 0 aliphatic rings. The minimum absolute atomic E-state index is 0. The summed E-state index contributed by atoms with van der Waals surface area (Å²) in [6, 6.07) is 60.1. The minimum atomic E-state index is -0.919. The summed E-state index contributed by atoms with van der Waals surface area (Å²) in [5.41, 5.74) is 12.6. The summed E-state index contributed by atoms with van der Waals surface area (Å²) >= 11 is 42.4. The number of amides is 2. The molecule has 0 saturated carbocycles. The highest BCUT2D eigenvalue weighted by atomic mass is 79.9. The van der Waals surface area contributed by atoms with Gasteiger partial charge in [0.2, 0.25) is 0 Å². The van der Waals surface area contributed by atoms with Crippen LogP contribution >= 0.6 is 122 Å². The highest BCUT2D eigenvalue weighted by Gasteiger charge is 2.27. The number of aliphatic hydroxyl groups excluding tert-OH is 1. The van der Waals surface area contributed by atoms with E-state index >= 15 is 0 Å². The standard InChI is InChI=1S/C25H24BrClN4O3.C18H19ClN2O3.C13H11ClN2O.C12H10BrClN2.C7H5BrN2.C7H5ClO.C5H5BrN2.4CH4/c1-25(2,3)34-24(33)31(14-15-4-7-18(27)8-5-15)21-9-6-16(11-28-21)22(32)20-13-30-23-19(20)10-17(26)12-29-23;1-18(2,3)24-17(23)21(11-13-4-7-15(19)8-5-13)16-9-6-14(12-22)10-20-16;14-12-4-1-10(2-5-12)7-15-13-6-3-11(9-17)8-16-13;13-10-3-6-12(16-8-10)15-7-9-1-4-11(14)5-2-9;8-6-3-5-1-2-9-7(5)10-4-6;8-7-3-1-6(5-9)2-4-7;6-4-1-2-5(7)8-3-4;;;;/h4-13,22,32H,14H2,1-3H3,(H,29,30);4-10,12H,11H2,1-3H3;1-6,8-9H,7H2,(H,15,16);1-6,8H,7H2,(H,15,16);1-4H,(H,9,10);1-5H;1-3H,(H2,7,8);4*1H4. The maximum Gasteiger partial charge on any atom is 0.416 e. The van der Waals surface area contributed by atoms with E-state index in [4.69, 9.17) is 73.2 Å². The van der Waals surface area contributed by atoms with Crippen molar-refractivity contribution in [3.05, 3.63) is 349 Å². The van der Waals surface area contributed by atoms with Crippen LogP contribution < -0.4 is 26.2 Å². The van der Waals surface area contributed by atoms with Crippen molar-refractivity contribution >= 4 is 204 Å². The van der Waals surface area contributed by atoms with E-state index in [0.29, 0.717) is 78.8 Å². The van der Waals surface area contributed by atoms with E-state index in [1.807, 2.05) is 136 Å². The zero-order valence-electron chi connectivity index (χ0n) is 64.2. The highest BCUT2D eigenvalue weighted by molar-refractivity contribution is 9.11. The normalized spacial score (nSPS) is 10.5. The number of carbonyl (C=O) groups excluding carboxylic acids is 5. The van der Waals surface area contributed by atoms with Crippen LogP contribution in [0.5, 0.6) is 0 Å². The number of aromatic amines is 2. The Balaban J connectivity index is 0.000000314. The van der Waals surface area contributed by atoms with Gasteiger partial charge in [-0.1, -0.05) is 154 Å². The number of rotatable bonds is 17. The van der Waals surface area contributed by atoms with Gasteiger partial charge in [-0.25, -0.2) is 44.5 Å². The van der Waals surface area contributed by atoms with Gasteiger partial charge in [-0.15, -0.1) is 0 Å². The molecule has 0 fully saturated rings. The van der Waals surface area contributed by atoms with Crippen molar-refractivity contribution in [1.29, 1.82) is 0 Å². The Labute approximate surface area is 770 Å². The number of benzene rings is 5.